The molecule has 0 aromatic heterocycles. The van der Waals surface area contributed by atoms with Gasteiger partial charge in [-0.25, -0.2) is 0 Å². The van der Waals surface area contributed by atoms with Crippen molar-refractivity contribution < 1.29 is 9.94 Å². The van der Waals surface area contributed by atoms with E-state index in [2.05, 4.69) is 5.16 Å². The van der Waals surface area contributed by atoms with Gasteiger partial charge in [0.25, 0.3) is 0 Å². The first kappa shape index (κ1) is 14.9. The molecule has 0 bridgehead atoms. The van der Waals surface area contributed by atoms with Crippen LogP contribution in [0, 0.1) is 12.8 Å². The average molecular weight is 276 g/mol. The fourth-order valence-electron chi connectivity index (χ4n) is 2.76. The lowest BCUT2D eigenvalue weighted by atomic mass is 9.90. The molecule has 1 aromatic rings. The van der Waals surface area contributed by atoms with Gasteiger partial charge in [0, 0.05) is 12.2 Å². The van der Waals surface area contributed by atoms with Crippen LogP contribution >= 0.6 is 0 Å². The van der Waals surface area contributed by atoms with E-state index >= 15 is 0 Å². The Morgan fingerprint density at radius 2 is 2.10 bits per heavy atom. The van der Waals surface area contributed by atoms with Crippen LogP contribution in [0.2, 0.25) is 0 Å². The number of hydrogen-bond acceptors (Lipinski definition) is 3. The number of benzene rings is 1. The molecule has 0 unspecified atom stereocenters. The molecule has 0 amide bonds. The van der Waals surface area contributed by atoms with E-state index in [9.17, 15) is 0 Å². The van der Waals surface area contributed by atoms with Crippen LogP contribution in [0.3, 0.4) is 0 Å². The van der Waals surface area contributed by atoms with Gasteiger partial charge in [0.05, 0.1) is 6.61 Å². The third-order valence-electron chi connectivity index (χ3n) is 4.08. The maximum atomic E-state index is 8.67. The van der Waals surface area contributed by atoms with Crippen LogP contribution in [0.15, 0.2) is 23.4 Å². The van der Waals surface area contributed by atoms with Crippen LogP contribution in [-0.4, -0.2) is 17.6 Å². The second-order valence-electron chi connectivity index (χ2n) is 5.65. The number of nitrogens with zero attached hydrogens (tertiary/aromatic N) is 1. The Labute approximate surface area is 120 Å². The van der Waals surface area contributed by atoms with Crippen molar-refractivity contribution in [3.8, 4) is 0 Å². The van der Waals surface area contributed by atoms with Crippen molar-refractivity contribution in [1.29, 1.82) is 0 Å². The van der Waals surface area contributed by atoms with E-state index in [4.69, 9.17) is 15.7 Å². The lowest BCUT2D eigenvalue weighted by Gasteiger charge is -2.21. The van der Waals surface area contributed by atoms with Crippen LogP contribution in [-0.2, 0) is 11.3 Å². The van der Waals surface area contributed by atoms with Crippen molar-refractivity contribution >= 4 is 5.84 Å². The topological polar surface area (TPSA) is 67.8 Å². The summed E-state index contributed by atoms with van der Waals surface area (Å²) >= 11 is 0. The van der Waals surface area contributed by atoms with Gasteiger partial charge in [0.15, 0.2) is 5.84 Å². The minimum atomic E-state index is 0.141. The Morgan fingerprint density at radius 1 is 1.35 bits per heavy atom. The second kappa shape index (κ2) is 7.29. The maximum Gasteiger partial charge on any atom is 0.170 e. The molecular weight excluding hydrogens is 252 g/mol. The first-order valence-electron chi connectivity index (χ1n) is 7.36. The van der Waals surface area contributed by atoms with Gasteiger partial charge in [0.2, 0.25) is 0 Å². The Bertz CT molecular complexity index is 466. The molecular formula is C16H24N2O2. The lowest BCUT2D eigenvalue weighted by Crippen LogP contribution is -2.14. The third-order valence-corrected chi connectivity index (χ3v) is 4.08. The number of hydrogen-bond donors (Lipinski definition) is 2. The van der Waals surface area contributed by atoms with E-state index in [-0.39, 0.29) is 5.84 Å². The Morgan fingerprint density at radius 3 is 2.75 bits per heavy atom. The van der Waals surface area contributed by atoms with Crippen molar-refractivity contribution in [1.82, 2.24) is 0 Å². The van der Waals surface area contributed by atoms with E-state index in [1.165, 1.54) is 32.1 Å². The summed E-state index contributed by atoms with van der Waals surface area (Å²) in [4.78, 5) is 0. The highest BCUT2D eigenvalue weighted by Crippen LogP contribution is 2.24. The van der Waals surface area contributed by atoms with Crippen LogP contribution in [0.5, 0.6) is 0 Å². The van der Waals surface area contributed by atoms with E-state index in [0.29, 0.717) is 6.61 Å². The molecule has 1 fully saturated rings. The van der Waals surface area contributed by atoms with Crippen molar-refractivity contribution in [3.05, 3.63) is 34.9 Å². The molecule has 20 heavy (non-hydrogen) atoms. The second-order valence-corrected chi connectivity index (χ2v) is 5.65. The predicted molar refractivity (Wildman–Crippen MR) is 79.9 cm³/mol. The lowest BCUT2D eigenvalue weighted by molar-refractivity contribution is 0.0736. The summed E-state index contributed by atoms with van der Waals surface area (Å²) in [5.41, 5.74) is 8.59. The summed E-state index contributed by atoms with van der Waals surface area (Å²) in [6.07, 6.45) is 6.69. The first-order chi connectivity index (χ1) is 9.70. The smallest absolute Gasteiger partial charge is 0.170 e. The SMILES string of the molecule is Cc1cc(/C(N)=N/O)ccc1COCC1CCCCC1. The van der Waals surface area contributed by atoms with Gasteiger partial charge in [-0.2, -0.15) is 0 Å². The van der Waals surface area contributed by atoms with Crippen molar-refractivity contribution in [2.75, 3.05) is 6.61 Å². The molecule has 0 saturated heterocycles. The number of rotatable bonds is 5. The standard InChI is InChI=1S/C16H24N2O2/c1-12-9-14(16(17)18-19)7-8-15(12)11-20-10-13-5-3-2-4-6-13/h7-9,13,19H,2-6,10-11H2,1H3,(H2,17,18). The minimum Gasteiger partial charge on any atom is -0.409 e. The van der Waals surface area contributed by atoms with Crippen LogP contribution in [0.4, 0.5) is 0 Å². The highest BCUT2D eigenvalue weighted by atomic mass is 16.5. The number of oxime groups is 1. The normalized spacial score (nSPS) is 17.4. The monoisotopic (exact) mass is 276 g/mol. The summed E-state index contributed by atoms with van der Waals surface area (Å²) in [5, 5.41) is 11.7. The molecule has 0 heterocycles. The Balaban J connectivity index is 1.86. The van der Waals surface area contributed by atoms with Crippen molar-refractivity contribution in [2.45, 2.75) is 45.6 Å². The maximum absolute atomic E-state index is 8.67. The van der Waals surface area contributed by atoms with Gasteiger partial charge < -0.3 is 15.7 Å². The van der Waals surface area contributed by atoms with Gasteiger partial charge in [-0.3, -0.25) is 0 Å². The third kappa shape index (κ3) is 3.97. The zero-order valence-corrected chi connectivity index (χ0v) is 12.1. The molecule has 0 radical (unpaired) electrons. The molecule has 4 heteroatoms. The molecule has 110 valence electrons. The van der Waals surface area contributed by atoms with Crippen molar-refractivity contribution in [2.24, 2.45) is 16.8 Å². The molecule has 0 atom stereocenters. The molecule has 0 aliphatic heterocycles. The fourth-order valence-corrected chi connectivity index (χ4v) is 2.76. The van der Waals surface area contributed by atoms with Gasteiger partial charge in [-0.15, -0.1) is 0 Å². The van der Waals surface area contributed by atoms with Crippen LogP contribution < -0.4 is 5.73 Å². The van der Waals surface area contributed by atoms with Crippen LogP contribution in [0.25, 0.3) is 0 Å². The van der Waals surface area contributed by atoms with Crippen molar-refractivity contribution in [3.63, 3.8) is 0 Å². The van der Waals surface area contributed by atoms with Crippen LogP contribution in [0.1, 0.15) is 48.8 Å². The van der Waals surface area contributed by atoms with Gasteiger partial charge in [-0.1, -0.05) is 36.6 Å². The average Bonchev–Trinajstić information content (AvgIpc) is 2.49. The Hall–Kier alpha value is -1.55. The Kier molecular flexibility index (Phi) is 5.41. The molecule has 0 spiro atoms. The minimum absolute atomic E-state index is 0.141. The van der Waals surface area contributed by atoms with E-state index in [1.807, 2.05) is 25.1 Å². The largest absolute Gasteiger partial charge is 0.409 e. The van der Waals surface area contributed by atoms with E-state index in [1.54, 1.807) is 0 Å². The zero-order chi connectivity index (χ0) is 14.4. The summed E-state index contributed by atoms with van der Waals surface area (Å²) < 4.78 is 5.86. The number of ether oxygens (including phenoxy) is 1. The summed E-state index contributed by atoms with van der Waals surface area (Å²) in [7, 11) is 0. The summed E-state index contributed by atoms with van der Waals surface area (Å²) in [6.45, 7) is 3.52. The number of aryl methyl sites for hydroxylation is 1. The zero-order valence-electron chi connectivity index (χ0n) is 12.1. The molecule has 1 aliphatic rings. The molecule has 3 N–H and O–H groups in total. The first-order valence-corrected chi connectivity index (χ1v) is 7.36. The van der Waals surface area contributed by atoms with E-state index < -0.39 is 0 Å². The highest BCUT2D eigenvalue weighted by Gasteiger charge is 2.13. The fraction of sp³-hybridized carbons (Fsp3) is 0.562. The highest BCUT2D eigenvalue weighted by molar-refractivity contribution is 5.97. The molecule has 1 saturated carbocycles. The van der Waals surface area contributed by atoms with Gasteiger partial charge >= 0.3 is 0 Å². The predicted octanol–water partition coefficient (Wildman–Crippen LogP) is 3.19. The molecule has 1 aliphatic carbocycles. The number of nitrogens with two attached hydrogens (primary N) is 1. The van der Waals surface area contributed by atoms with E-state index in [0.717, 1.165) is 29.2 Å². The van der Waals surface area contributed by atoms with Gasteiger partial charge in [0.1, 0.15) is 0 Å². The molecule has 1 aromatic carbocycles. The number of amidine groups is 1. The summed E-state index contributed by atoms with van der Waals surface area (Å²) in [6, 6.07) is 5.78. The van der Waals surface area contributed by atoms with Gasteiger partial charge in [-0.05, 0) is 42.9 Å². The molecule has 4 nitrogen and oxygen atoms in total. The summed E-state index contributed by atoms with van der Waals surface area (Å²) in [5.74, 6) is 0.878. The molecule has 2 rings (SSSR count). The quantitative estimate of drug-likeness (QED) is 0.375.